The zero-order valence-corrected chi connectivity index (χ0v) is 12.2. The van der Waals surface area contributed by atoms with E-state index in [-0.39, 0.29) is 12.5 Å². The van der Waals surface area contributed by atoms with Crippen molar-refractivity contribution in [3.05, 3.63) is 34.3 Å². The predicted molar refractivity (Wildman–Crippen MR) is 74.4 cm³/mol. The van der Waals surface area contributed by atoms with Crippen LogP contribution in [0.15, 0.2) is 18.2 Å². The Labute approximate surface area is 118 Å². The maximum Gasteiger partial charge on any atom is 0.325 e. The highest BCUT2D eigenvalue weighted by Crippen LogP contribution is 2.17. The molecule has 0 saturated carbocycles. The summed E-state index contributed by atoms with van der Waals surface area (Å²) in [6, 6.07) is 5.08. The number of ether oxygens (including phenoxy) is 1. The van der Waals surface area contributed by atoms with E-state index >= 15 is 0 Å². The minimum absolute atomic E-state index is 0.0365. The topological polar surface area (TPSA) is 46.6 Å². The fourth-order valence-electron chi connectivity index (χ4n) is 1.78. The van der Waals surface area contributed by atoms with E-state index < -0.39 is 5.97 Å². The van der Waals surface area contributed by atoms with E-state index in [1.807, 2.05) is 13.8 Å². The van der Waals surface area contributed by atoms with Crippen molar-refractivity contribution in [2.24, 2.45) is 0 Å². The minimum Gasteiger partial charge on any atom is -0.468 e. The van der Waals surface area contributed by atoms with Crippen LogP contribution < -0.4 is 0 Å². The van der Waals surface area contributed by atoms with Gasteiger partial charge in [-0.15, -0.1) is 0 Å². The summed E-state index contributed by atoms with van der Waals surface area (Å²) in [6.07, 6.45) is 0.773. The first-order valence-electron chi connectivity index (χ1n) is 6.11. The summed E-state index contributed by atoms with van der Waals surface area (Å²) in [4.78, 5) is 25.2. The highest BCUT2D eigenvalue weighted by Gasteiger charge is 2.19. The minimum atomic E-state index is -0.423. The molecule has 0 aromatic heterocycles. The van der Waals surface area contributed by atoms with Crippen molar-refractivity contribution >= 4 is 23.5 Å². The molecule has 0 atom stereocenters. The number of aryl methyl sites for hydroxylation is 1. The molecule has 5 heteroatoms. The molecule has 1 rings (SSSR count). The zero-order valence-electron chi connectivity index (χ0n) is 11.4. The molecule has 104 valence electrons. The lowest BCUT2D eigenvalue weighted by atomic mass is 10.1. The fraction of sp³-hybridized carbons (Fsp3) is 0.429. The van der Waals surface area contributed by atoms with Crippen molar-refractivity contribution in [3.63, 3.8) is 0 Å². The zero-order chi connectivity index (χ0) is 14.4. The number of carbonyl (C=O) groups excluding carboxylic acids is 2. The summed E-state index contributed by atoms with van der Waals surface area (Å²) in [5.74, 6) is -0.602. The van der Waals surface area contributed by atoms with Crippen LogP contribution in [0.4, 0.5) is 0 Å². The number of halogens is 1. The van der Waals surface area contributed by atoms with Crippen LogP contribution in [0.5, 0.6) is 0 Å². The highest BCUT2D eigenvalue weighted by molar-refractivity contribution is 6.30. The smallest absolute Gasteiger partial charge is 0.325 e. The van der Waals surface area contributed by atoms with Crippen LogP contribution in [0, 0.1) is 6.92 Å². The molecule has 0 heterocycles. The van der Waals surface area contributed by atoms with Gasteiger partial charge in [0.15, 0.2) is 0 Å². The van der Waals surface area contributed by atoms with Crippen molar-refractivity contribution in [1.82, 2.24) is 4.90 Å². The number of hydrogen-bond acceptors (Lipinski definition) is 3. The molecule has 0 radical (unpaired) electrons. The van der Waals surface area contributed by atoms with Gasteiger partial charge in [-0.3, -0.25) is 9.59 Å². The van der Waals surface area contributed by atoms with Gasteiger partial charge < -0.3 is 9.64 Å². The van der Waals surface area contributed by atoms with Gasteiger partial charge in [-0.25, -0.2) is 0 Å². The number of benzene rings is 1. The van der Waals surface area contributed by atoms with E-state index in [2.05, 4.69) is 4.74 Å². The monoisotopic (exact) mass is 283 g/mol. The molecule has 1 aromatic rings. The molecule has 0 aliphatic carbocycles. The molecule has 0 N–H and O–H groups in total. The summed E-state index contributed by atoms with van der Waals surface area (Å²) in [5.41, 5.74) is 1.35. The number of esters is 1. The van der Waals surface area contributed by atoms with Crippen molar-refractivity contribution in [2.75, 3.05) is 20.2 Å². The summed E-state index contributed by atoms with van der Waals surface area (Å²) in [6.45, 7) is 4.24. The van der Waals surface area contributed by atoms with Gasteiger partial charge in [0.1, 0.15) is 6.54 Å². The van der Waals surface area contributed by atoms with Crippen molar-refractivity contribution in [3.8, 4) is 0 Å². The molecule has 0 spiro atoms. The van der Waals surface area contributed by atoms with E-state index in [4.69, 9.17) is 11.6 Å². The normalized spacial score (nSPS) is 10.1. The third kappa shape index (κ3) is 4.24. The number of carbonyl (C=O) groups is 2. The second kappa shape index (κ2) is 7.14. The Hall–Kier alpha value is -1.55. The van der Waals surface area contributed by atoms with Gasteiger partial charge in [-0.1, -0.05) is 18.5 Å². The first-order chi connectivity index (χ1) is 8.99. The fourth-order valence-corrected chi connectivity index (χ4v) is 2.01. The first-order valence-corrected chi connectivity index (χ1v) is 6.49. The van der Waals surface area contributed by atoms with Gasteiger partial charge in [0.25, 0.3) is 5.91 Å². The van der Waals surface area contributed by atoms with Gasteiger partial charge in [0.2, 0.25) is 0 Å². The molecule has 0 aliphatic rings. The van der Waals surface area contributed by atoms with Gasteiger partial charge in [0, 0.05) is 17.1 Å². The van der Waals surface area contributed by atoms with Crippen LogP contribution in [0.3, 0.4) is 0 Å². The molecule has 0 bridgehead atoms. The molecule has 4 nitrogen and oxygen atoms in total. The average Bonchev–Trinajstić information content (AvgIpc) is 2.37. The van der Waals surface area contributed by atoms with E-state index in [1.165, 1.54) is 12.0 Å². The van der Waals surface area contributed by atoms with Gasteiger partial charge in [-0.05, 0) is 37.1 Å². The Morgan fingerprint density at radius 2 is 2.05 bits per heavy atom. The molecular weight excluding hydrogens is 266 g/mol. The molecule has 19 heavy (non-hydrogen) atoms. The van der Waals surface area contributed by atoms with Crippen LogP contribution >= 0.6 is 11.6 Å². The third-order valence-electron chi connectivity index (χ3n) is 2.75. The Morgan fingerprint density at radius 1 is 1.37 bits per heavy atom. The van der Waals surface area contributed by atoms with Crippen LogP contribution in [0.2, 0.25) is 5.02 Å². The van der Waals surface area contributed by atoms with Crippen LogP contribution in [-0.2, 0) is 9.53 Å². The number of amides is 1. The van der Waals surface area contributed by atoms with Crippen LogP contribution in [-0.4, -0.2) is 37.0 Å². The summed E-state index contributed by atoms with van der Waals surface area (Å²) in [7, 11) is 1.31. The lowest BCUT2D eigenvalue weighted by Crippen LogP contribution is -2.37. The molecule has 0 aliphatic heterocycles. The van der Waals surface area contributed by atoms with E-state index in [0.29, 0.717) is 17.1 Å². The number of rotatable bonds is 5. The largest absolute Gasteiger partial charge is 0.468 e. The molecule has 0 saturated heterocycles. The lowest BCUT2D eigenvalue weighted by molar-refractivity contribution is -0.141. The summed E-state index contributed by atoms with van der Waals surface area (Å²) < 4.78 is 4.61. The van der Waals surface area contributed by atoms with Gasteiger partial charge in [0.05, 0.1) is 7.11 Å². The van der Waals surface area contributed by atoms with E-state index in [1.54, 1.807) is 18.2 Å². The third-order valence-corrected chi connectivity index (χ3v) is 2.98. The van der Waals surface area contributed by atoms with E-state index in [0.717, 1.165) is 12.0 Å². The van der Waals surface area contributed by atoms with E-state index in [9.17, 15) is 9.59 Å². The van der Waals surface area contributed by atoms with Crippen LogP contribution in [0.1, 0.15) is 29.3 Å². The number of nitrogens with zero attached hydrogens (tertiary/aromatic N) is 1. The lowest BCUT2D eigenvalue weighted by Gasteiger charge is -2.21. The Balaban J connectivity index is 2.95. The second-order valence-electron chi connectivity index (χ2n) is 4.26. The van der Waals surface area contributed by atoms with Crippen LogP contribution in [0.25, 0.3) is 0 Å². The van der Waals surface area contributed by atoms with Gasteiger partial charge in [-0.2, -0.15) is 0 Å². The maximum atomic E-state index is 12.4. The Bertz CT molecular complexity index is 474. The standard InChI is InChI=1S/C14H18ClNO3/c1-4-7-16(9-13(17)19-3)14(18)12-6-5-11(15)8-10(12)2/h5-6,8H,4,7,9H2,1-3H3. The van der Waals surface area contributed by atoms with Crippen molar-refractivity contribution in [1.29, 1.82) is 0 Å². The Kier molecular flexibility index (Phi) is 5.83. The van der Waals surface area contributed by atoms with Crippen molar-refractivity contribution in [2.45, 2.75) is 20.3 Å². The summed E-state index contributed by atoms with van der Waals surface area (Å²) in [5, 5.41) is 0.587. The SMILES string of the molecule is CCCN(CC(=O)OC)C(=O)c1ccc(Cl)cc1C. The molecule has 1 aromatic carbocycles. The van der Waals surface area contributed by atoms with Gasteiger partial charge >= 0.3 is 5.97 Å². The molecule has 1 amide bonds. The quantitative estimate of drug-likeness (QED) is 0.781. The molecule has 0 fully saturated rings. The average molecular weight is 284 g/mol. The predicted octanol–water partition coefficient (Wildman–Crippen LogP) is 2.67. The first kappa shape index (κ1) is 15.5. The molecular formula is C14H18ClNO3. The number of methoxy groups -OCH3 is 1. The second-order valence-corrected chi connectivity index (χ2v) is 4.70. The highest BCUT2D eigenvalue weighted by atomic mass is 35.5. The summed E-state index contributed by atoms with van der Waals surface area (Å²) >= 11 is 5.87. The Morgan fingerprint density at radius 3 is 2.58 bits per heavy atom. The number of hydrogen-bond donors (Lipinski definition) is 0. The van der Waals surface area contributed by atoms with Crippen molar-refractivity contribution < 1.29 is 14.3 Å². The molecule has 0 unspecified atom stereocenters. The maximum absolute atomic E-state index is 12.4.